The van der Waals surface area contributed by atoms with Gasteiger partial charge in [0.25, 0.3) is 5.91 Å². The van der Waals surface area contributed by atoms with Gasteiger partial charge < -0.3 is 15.7 Å². The van der Waals surface area contributed by atoms with Crippen LogP contribution in [0, 0.1) is 12.7 Å². The summed E-state index contributed by atoms with van der Waals surface area (Å²) in [7, 11) is 0. The first-order valence-corrected chi connectivity index (χ1v) is 9.89. The van der Waals surface area contributed by atoms with Crippen LogP contribution in [0.1, 0.15) is 21.5 Å². The maximum Gasteiger partial charge on any atom is 0.251 e. The molecule has 0 unspecified atom stereocenters. The summed E-state index contributed by atoms with van der Waals surface area (Å²) in [6.07, 6.45) is 1.72. The van der Waals surface area contributed by atoms with E-state index in [0.717, 1.165) is 11.1 Å². The van der Waals surface area contributed by atoms with Crippen molar-refractivity contribution in [3.05, 3.63) is 83.3 Å². The fraction of sp³-hybridized carbons (Fsp3) is 0.174. The number of hydrogen-bond acceptors (Lipinski definition) is 5. The van der Waals surface area contributed by atoms with E-state index in [1.165, 1.54) is 6.07 Å². The average molecular weight is 419 g/mol. The Kier molecular flexibility index (Phi) is 5.90. The summed E-state index contributed by atoms with van der Waals surface area (Å²) in [6.45, 7) is 2.50. The molecule has 8 heteroatoms. The van der Waals surface area contributed by atoms with Gasteiger partial charge in [-0.25, -0.2) is 9.37 Å². The molecule has 0 aliphatic carbocycles. The average Bonchev–Trinajstić information content (AvgIpc) is 3.17. The molecule has 1 amide bonds. The first kappa shape index (κ1) is 20.5. The molecule has 4 rings (SSSR count). The van der Waals surface area contributed by atoms with Crippen molar-refractivity contribution in [2.24, 2.45) is 0 Å². The van der Waals surface area contributed by atoms with Gasteiger partial charge in [0.2, 0.25) is 0 Å². The molecule has 0 fully saturated rings. The Labute approximate surface area is 178 Å². The van der Waals surface area contributed by atoms with E-state index in [1.54, 1.807) is 47.1 Å². The number of aromatic nitrogens is 3. The molecule has 0 spiro atoms. The van der Waals surface area contributed by atoms with Crippen molar-refractivity contribution >= 4 is 17.4 Å². The molecule has 0 atom stereocenters. The number of nitrogens with one attached hydrogen (secondary N) is 2. The Hall–Kier alpha value is -3.78. The minimum Gasteiger partial charge on any atom is -0.395 e. The molecular weight excluding hydrogens is 397 g/mol. The fourth-order valence-electron chi connectivity index (χ4n) is 3.24. The molecule has 0 saturated carbocycles. The Morgan fingerprint density at radius 3 is 2.68 bits per heavy atom. The predicted molar refractivity (Wildman–Crippen MR) is 116 cm³/mol. The number of benzene rings is 2. The third kappa shape index (κ3) is 4.39. The van der Waals surface area contributed by atoms with Crippen LogP contribution in [0.25, 0.3) is 16.9 Å². The highest BCUT2D eigenvalue weighted by Gasteiger charge is 2.13. The lowest BCUT2D eigenvalue weighted by atomic mass is 10.1. The van der Waals surface area contributed by atoms with E-state index in [-0.39, 0.29) is 24.9 Å². The monoisotopic (exact) mass is 419 g/mol. The molecule has 0 bridgehead atoms. The van der Waals surface area contributed by atoms with Crippen LogP contribution < -0.4 is 10.6 Å². The number of fused-ring (bicyclic) bond motifs is 1. The predicted octanol–water partition coefficient (Wildman–Crippen LogP) is 3.18. The number of amides is 1. The second-order valence-corrected chi connectivity index (χ2v) is 7.10. The second kappa shape index (κ2) is 8.93. The molecule has 0 aliphatic heterocycles. The highest BCUT2D eigenvalue weighted by molar-refractivity contribution is 5.94. The van der Waals surface area contributed by atoms with Crippen molar-refractivity contribution < 1.29 is 14.3 Å². The summed E-state index contributed by atoms with van der Waals surface area (Å²) in [5, 5.41) is 19.1. The number of carbonyl (C=O) groups is 1. The lowest BCUT2D eigenvalue weighted by Gasteiger charge is -2.12. The molecule has 31 heavy (non-hydrogen) atoms. The van der Waals surface area contributed by atoms with E-state index in [4.69, 9.17) is 5.11 Å². The zero-order valence-electron chi connectivity index (χ0n) is 17.0. The third-order valence-corrected chi connectivity index (χ3v) is 4.89. The van der Waals surface area contributed by atoms with Crippen LogP contribution in [0.3, 0.4) is 0 Å². The van der Waals surface area contributed by atoms with Crippen molar-refractivity contribution in [3.63, 3.8) is 0 Å². The van der Waals surface area contributed by atoms with Crippen LogP contribution >= 0.6 is 0 Å². The van der Waals surface area contributed by atoms with Crippen LogP contribution in [0.15, 0.2) is 60.8 Å². The van der Waals surface area contributed by atoms with Crippen molar-refractivity contribution in [2.75, 3.05) is 18.5 Å². The number of aliphatic hydroxyl groups excluding tert-OH is 1. The van der Waals surface area contributed by atoms with Gasteiger partial charge in [-0.1, -0.05) is 24.3 Å². The van der Waals surface area contributed by atoms with Crippen LogP contribution in [-0.4, -0.2) is 38.8 Å². The number of anilines is 1. The van der Waals surface area contributed by atoms with Gasteiger partial charge in [0, 0.05) is 35.8 Å². The first-order chi connectivity index (χ1) is 15.1. The maximum atomic E-state index is 14.3. The number of aliphatic hydroxyl groups is 1. The van der Waals surface area contributed by atoms with Crippen LogP contribution in [0.4, 0.5) is 10.2 Å². The van der Waals surface area contributed by atoms with Crippen molar-refractivity contribution in [1.82, 2.24) is 19.9 Å². The molecule has 7 nitrogen and oxygen atoms in total. The molecule has 158 valence electrons. The smallest absolute Gasteiger partial charge is 0.251 e. The van der Waals surface area contributed by atoms with E-state index in [0.29, 0.717) is 34.8 Å². The molecule has 2 aromatic carbocycles. The van der Waals surface area contributed by atoms with E-state index in [9.17, 15) is 9.18 Å². The topological polar surface area (TPSA) is 91.5 Å². The Bertz CT molecular complexity index is 1220. The number of rotatable bonds is 7. The Morgan fingerprint density at radius 2 is 1.94 bits per heavy atom. The van der Waals surface area contributed by atoms with Crippen LogP contribution in [0.2, 0.25) is 0 Å². The van der Waals surface area contributed by atoms with Gasteiger partial charge in [-0.2, -0.15) is 9.61 Å². The summed E-state index contributed by atoms with van der Waals surface area (Å²) in [5.74, 6) is 0.115. The number of halogens is 1. The first-order valence-electron chi connectivity index (χ1n) is 9.89. The van der Waals surface area contributed by atoms with E-state index in [1.807, 2.05) is 19.1 Å². The molecular formula is C23H22FN5O2. The highest BCUT2D eigenvalue weighted by Crippen LogP contribution is 2.26. The van der Waals surface area contributed by atoms with Gasteiger partial charge in [-0.15, -0.1) is 0 Å². The zero-order valence-corrected chi connectivity index (χ0v) is 17.0. The number of hydrogen-bond donors (Lipinski definition) is 3. The van der Waals surface area contributed by atoms with Crippen molar-refractivity contribution in [1.29, 1.82) is 0 Å². The zero-order chi connectivity index (χ0) is 21.8. The van der Waals surface area contributed by atoms with Crippen LogP contribution in [0.5, 0.6) is 0 Å². The molecule has 3 N–H and O–H groups in total. The van der Waals surface area contributed by atoms with Crippen molar-refractivity contribution in [2.45, 2.75) is 13.5 Å². The number of nitrogens with zero attached hydrogens (tertiary/aromatic N) is 3. The van der Waals surface area contributed by atoms with Gasteiger partial charge in [-0.05, 0) is 36.8 Å². The van der Waals surface area contributed by atoms with Gasteiger partial charge in [0.05, 0.1) is 18.5 Å². The van der Waals surface area contributed by atoms with E-state index >= 15 is 0 Å². The minimum atomic E-state index is -0.336. The van der Waals surface area contributed by atoms with Gasteiger partial charge >= 0.3 is 0 Å². The quantitative estimate of drug-likeness (QED) is 0.428. The lowest BCUT2D eigenvalue weighted by molar-refractivity contribution is 0.0945. The summed E-state index contributed by atoms with van der Waals surface area (Å²) in [6, 6.07) is 15.5. The summed E-state index contributed by atoms with van der Waals surface area (Å²) < 4.78 is 16.0. The summed E-state index contributed by atoms with van der Waals surface area (Å²) in [5.41, 5.74) is 3.96. The highest BCUT2D eigenvalue weighted by atomic mass is 19.1. The molecule has 0 aliphatic rings. The Balaban J connectivity index is 1.58. The number of aryl methyl sites for hydroxylation is 1. The molecule has 0 radical (unpaired) electrons. The summed E-state index contributed by atoms with van der Waals surface area (Å²) in [4.78, 5) is 16.6. The maximum absolute atomic E-state index is 14.3. The molecule has 4 aromatic rings. The van der Waals surface area contributed by atoms with Gasteiger partial charge in [-0.3, -0.25) is 4.79 Å². The number of carbonyl (C=O) groups excluding carboxylic acids is 1. The van der Waals surface area contributed by atoms with Gasteiger partial charge in [0.15, 0.2) is 5.65 Å². The standard InChI is InChI=1S/C23H22FN5O2/c1-15-13-27-29-21(12-20(28-22(15)29)18-4-2-3-5-19(18)24)26-14-16-6-8-17(9-7-16)23(31)25-10-11-30/h2-9,12-13,26,30H,10-11,14H2,1H3,(H,25,31). The van der Waals surface area contributed by atoms with E-state index < -0.39 is 0 Å². The SMILES string of the molecule is Cc1cnn2c(NCc3ccc(C(=O)NCCO)cc3)cc(-c3ccccc3F)nc12. The molecule has 2 heterocycles. The lowest BCUT2D eigenvalue weighted by Crippen LogP contribution is -2.26. The Morgan fingerprint density at radius 1 is 1.16 bits per heavy atom. The fourth-order valence-corrected chi connectivity index (χ4v) is 3.24. The van der Waals surface area contributed by atoms with Gasteiger partial charge in [0.1, 0.15) is 11.6 Å². The minimum absolute atomic E-state index is 0.101. The van der Waals surface area contributed by atoms with Crippen molar-refractivity contribution in [3.8, 4) is 11.3 Å². The molecule has 2 aromatic heterocycles. The third-order valence-electron chi connectivity index (χ3n) is 4.89. The summed E-state index contributed by atoms with van der Waals surface area (Å²) >= 11 is 0. The van der Waals surface area contributed by atoms with E-state index in [2.05, 4.69) is 20.7 Å². The largest absolute Gasteiger partial charge is 0.395 e. The van der Waals surface area contributed by atoms with Crippen LogP contribution in [-0.2, 0) is 6.54 Å². The normalized spacial score (nSPS) is 10.9. The molecule has 0 saturated heterocycles. The second-order valence-electron chi connectivity index (χ2n) is 7.10.